The first-order valence-electron chi connectivity index (χ1n) is 7.81. The van der Waals surface area contributed by atoms with Crippen molar-refractivity contribution >= 4 is 0 Å². The van der Waals surface area contributed by atoms with Gasteiger partial charge < -0.3 is 5.32 Å². The molecule has 1 aliphatic rings. The molecule has 3 heteroatoms. The van der Waals surface area contributed by atoms with E-state index in [-0.39, 0.29) is 0 Å². The molecule has 0 radical (unpaired) electrons. The van der Waals surface area contributed by atoms with Gasteiger partial charge in [-0.2, -0.15) is 5.10 Å². The molecule has 1 aromatic rings. The molecule has 1 aliphatic carbocycles. The highest BCUT2D eigenvalue weighted by atomic mass is 15.3. The Morgan fingerprint density at radius 1 is 1.32 bits per heavy atom. The van der Waals surface area contributed by atoms with E-state index in [2.05, 4.69) is 43.9 Å². The summed E-state index contributed by atoms with van der Waals surface area (Å²) in [5, 5.41) is 8.25. The van der Waals surface area contributed by atoms with E-state index in [4.69, 9.17) is 5.10 Å². The summed E-state index contributed by atoms with van der Waals surface area (Å²) in [7, 11) is 0. The maximum absolute atomic E-state index is 4.73. The van der Waals surface area contributed by atoms with Gasteiger partial charge >= 0.3 is 0 Å². The first-order valence-corrected chi connectivity index (χ1v) is 7.81. The Morgan fingerprint density at radius 3 is 2.63 bits per heavy atom. The Hall–Kier alpha value is -0.830. The zero-order valence-electron chi connectivity index (χ0n) is 12.9. The minimum atomic E-state index is 0.633. The zero-order chi connectivity index (χ0) is 13.8. The van der Waals surface area contributed by atoms with Crippen molar-refractivity contribution in [3.63, 3.8) is 0 Å². The Labute approximate surface area is 117 Å². The molecule has 0 aromatic carbocycles. The second-order valence-electron chi connectivity index (χ2n) is 6.66. The molecule has 1 aromatic heterocycles. The maximum atomic E-state index is 4.73. The summed E-state index contributed by atoms with van der Waals surface area (Å²) < 4.78 is 2.23. The van der Waals surface area contributed by atoms with E-state index in [1.807, 2.05) is 0 Å². The smallest absolute Gasteiger partial charge is 0.0638 e. The average molecular weight is 263 g/mol. The van der Waals surface area contributed by atoms with E-state index in [9.17, 15) is 0 Å². The van der Waals surface area contributed by atoms with Gasteiger partial charge in [0.25, 0.3) is 0 Å². The lowest BCUT2D eigenvalue weighted by Gasteiger charge is -2.26. The van der Waals surface area contributed by atoms with Gasteiger partial charge in [0.1, 0.15) is 0 Å². The molecule has 0 saturated heterocycles. The molecule has 0 unspecified atom stereocenters. The third-order valence-corrected chi connectivity index (χ3v) is 4.25. The maximum Gasteiger partial charge on any atom is 0.0638 e. The van der Waals surface area contributed by atoms with Crippen LogP contribution in [0.15, 0.2) is 6.20 Å². The summed E-state index contributed by atoms with van der Waals surface area (Å²) in [6.07, 6.45) is 7.56. The fourth-order valence-corrected chi connectivity index (χ4v) is 2.88. The molecule has 19 heavy (non-hydrogen) atoms. The van der Waals surface area contributed by atoms with Gasteiger partial charge in [0.05, 0.1) is 11.7 Å². The molecular weight excluding hydrogens is 234 g/mol. The Kier molecular flexibility index (Phi) is 5.03. The normalized spacial score (nSPS) is 24.1. The van der Waals surface area contributed by atoms with E-state index >= 15 is 0 Å². The molecular formula is C16H29N3. The predicted octanol–water partition coefficient (Wildman–Crippen LogP) is 3.69. The number of hydrogen-bond acceptors (Lipinski definition) is 2. The summed E-state index contributed by atoms with van der Waals surface area (Å²) in [5.74, 6) is 1.61. The number of aromatic nitrogens is 2. The van der Waals surface area contributed by atoms with Gasteiger partial charge in [-0.05, 0) is 51.0 Å². The van der Waals surface area contributed by atoms with E-state index < -0.39 is 0 Å². The van der Waals surface area contributed by atoms with Gasteiger partial charge in [0.2, 0.25) is 0 Å². The lowest BCUT2D eigenvalue weighted by Crippen LogP contribution is -2.19. The zero-order valence-corrected chi connectivity index (χ0v) is 12.9. The molecule has 1 fully saturated rings. The van der Waals surface area contributed by atoms with Crippen molar-refractivity contribution in [1.29, 1.82) is 0 Å². The minimum Gasteiger partial charge on any atom is -0.312 e. The van der Waals surface area contributed by atoms with Crippen LogP contribution < -0.4 is 5.32 Å². The van der Waals surface area contributed by atoms with Crippen LogP contribution in [0, 0.1) is 18.8 Å². The topological polar surface area (TPSA) is 29.9 Å². The molecule has 0 bridgehead atoms. The summed E-state index contributed by atoms with van der Waals surface area (Å²) >= 11 is 0. The van der Waals surface area contributed by atoms with E-state index in [1.165, 1.54) is 36.9 Å². The molecule has 0 atom stereocenters. The fourth-order valence-electron chi connectivity index (χ4n) is 2.88. The van der Waals surface area contributed by atoms with E-state index in [0.717, 1.165) is 19.0 Å². The van der Waals surface area contributed by atoms with Crippen LogP contribution in [0.3, 0.4) is 0 Å². The van der Waals surface area contributed by atoms with Gasteiger partial charge in [0.15, 0.2) is 0 Å². The third-order valence-electron chi connectivity index (χ3n) is 4.25. The van der Waals surface area contributed by atoms with Crippen molar-refractivity contribution < 1.29 is 0 Å². The summed E-state index contributed by atoms with van der Waals surface area (Å²) in [4.78, 5) is 0. The van der Waals surface area contributed by atoms with Crippen LogP contribution in [0.25, 0.3) is 0 Å². The van der Waals surface area contributed by atoms with Gasteiger partial charge in [-0.1, -0.05) is 20.8 Å². The largest absolute Gasteiger partial charge is 0.312 e. The lowest BCUT2D eigenvalue weighted by molar-refractivity contribution is 0.273. The van der Waals surface area contributed by atoms with Crippen molar-refractivity contribution in [3.8, 4) is 0 Å². The molecule has 108 valence electrons. The Bertz CT molecular complexity index is 387. The quantitative estimate of drug-likeness (QED) is 0.878. The second kappa shape index (κ2) is 6.56. The number of hydrogen-bond donors (Lipinski definition) is 1. The fraction of sp³-hybridized carbons (Fsp3) is 0.812. The molecule has 0 amide bonds. The highest BCUT2D eigenvalue weighted by Gasteiger charge is 2.20. The van der Waals surface area contributed by atoms with E-state index in [1.54, 1.807) is 0 Å². The van der Waals surface area contributed by atoms with Crippen LogP contribution in [0.4, 0.5) is 0 Å². The summed E-state index contributed by atoms with van der Waals surface area (Å²) in [6.45, 7) is 11.0. The first-order chi connectivity index (χ1) is 9.06. The van der Waals surface area contributed by atoms with Crippen LogP contribution in [0.1, 0.15) is 63.8 Å². The van der Waals surface area contributed by atoms with Crippen LogP contribution in [0.2, 0.25) is 0 Å². The number of rotatable bonds is 5. The monoisotopic (exact) mass is 263 g/mol. The van der Waals surface area contributed by atoms with Gasteiger partial charge in [-0.25, -0.2) is 0 Å². The van der Waals surface area contributed by atoms with Crippen LogP contribution >= 0.6 is 0 Å². The highest BCUT2D eigenvalue weighted by Crippen LogP contribution is 2.31. The number of aryl methyl sites for hydroxylation is 1. The molecule has 0 aliphatic heterocycles. The average Bonchev–Trinajstić information content (AvgIpc) is 2.71. The molecule has 3 nitrogen and oxygen atoms in total. The first kappa shape index (κ1) is 14.6. The van der Waals surface area contributed by atoms with Crippen molar-refractivity contribution in [1.82, 2.24) is 15.1 Å². The predicted molar refractivity (Wildman–Crippen MR) is 80.2 cm³/mol. The SMILES string of the molecule is Cc1nn(C2CCC(C)CC2)cc1CNCC(C)C. The summed E-state index contributed by atoms with van der Waals surface area (Å²) in [6, 6.07) is 0.633. The Morgan fingerprint density at radius 2 is 2.00 bits per heavy atom. The molecule has 1 N–H and O–H groups in total. The third kappa shape index (κ3) is 4.07. The second-order valence-corrected chi connectivity index (χ2v) is 6.66. The van der Waals surface area contributed by atoms with Crippen molar-refractivity contribution in [3.05, 3.63) is 17.5 Å². The van der Waals surface area contributed by atoms with Crippen LogP contribution in [-0.2, 0) is 6.54 Å². The number of nitrogens with one attached hydrogen (secondary N) is 1. The summed E-state index contributed by atoms with van der Waals surface area (Å²) in [5.41, 5.74) is 2.55. The molecule has 0 spiro atoms. The molecule has 1 heterocycles. The van der Waals surface area contributed by atoms with Crippen LogP contribution in [-0.4, -0.2) is 16.3 Å². The number of nitrogens with zero attached hydrogens (tertiary/aromatic N) is 2. The minimum absolute atomic E-state index is 0.633. The molecule has 2 rings (SSSR count). The van der Waals surface area contributed by atoms with Gasteiger partial charge in [-0.15, -0.1) is 0 Å². The lowest BCUT2D eigenvalue weighted by atomic mass is 9.87. The van der Waals surface area contributed by atoms with Gasteiger partial charge in [0, 0.05) is 18.3 Å². The van der Waals surface area contributed by atoms with E-state index in [0.29, 0.717) is 12.0 Å². The highest BCUT2D eigenvalue weighted by molar-refractivity contribution is 5.15. The Balaban J connectivity index is 1.92. The van der Waals surface area contributed by atoms with Gasteiger partial charge in [-0.3, -0.25) is 4.68 Å². The van der Waals surface area contributed by atoms with Crippen molar-refractivity contribution in [2.45, 2.75) is 66.0 Å². The standard InChI is InChI=1S/C16H29N3/c1-12(2)9-17-10-15-11-19(18-14(15)4)16-7-5-13(3)6-8-16/h11-13,16-17H,5-10H2,1-4H3. The van der Waals surface area contributed by atoms with Crippen molar-refractivity contribution in [2.75, 3.05) is 6.54 Å². The molecule has 1 saturated carbocycles. The van der Waals surface area contributed by atoms with Crippen LogP contribution in [0.5, 0.6) is 0 Å². The van der Waals surface area contributed by atoms with Crippen molar-refractivity contribution in [2.24, 2.45) is 11.8 Å².